The molecule has 0 aromatic heterocycles. The largest absolute Gasteiger partial charge is 0.493 e. The van der Waals surface area contributed by atoms with Crippen LogP contribution in [0.1, 0.15) is 30.7 Å². The zero-order valence-electron chi connectivity index (χ0n) is 13.0. The highest BCUT2D eigenvalue weighted by Gasteiger charge is 2.20. The average Bonchev–Trinajstić information content (AvgIpc) is 2.53. The third-order valence-electron chi connectivity index (χ3n) is 3.80. The number of rotatable bonds is 10. The summed E-state index contributed by atoms with van der Waals surface area (Å²) in [6, 6.07) is 8.39. The van der Waals surface area contributed by atoms with Gasteiger partial charge in [0.05, 0.1) is 19.8 Å². The van der Waals surface area contributed by atoms with Crippen molar-refractivity contribution in [3.8, 4) is 5.75 Å². The fourth-order valence-electron chi connectivity index (χ4n) is 2.60. The van der Waals surface area contributed by atoms with Crippen molar-refractivity contribution in [2.24, 2.45) is 0 Å². The Hall–Kier alpha value is -1.10. The van der Waals surface area contributed by atoms with Crippen molar-refractivity contribution in [2.45, 2.75) is 25.2 Å². The Bertz CT molecular complexity index is 397. The van der Waals surface area contributed by atoms with E-state index in [9.17, 15) is 0 Å². The van der Waals surface area contributed by atoms with Gasteiger partial charge < -0.3 is 19.5 Å². The van der Waals surface area contributed by atoms with Gasteiger partial charge in [-0.2, -0.15) is 0 Å². The number of fused-ring (bicyclic) bond motifs is 1. The van der Waals surface area contributed by atoms with Gasteiger partial charge in [-0.15, -0.1) is 0 Å². The van der Waals surface area contributed by atoms with Gasteiger partial charge in [0.2, 0.25) is 0 Å². The van der Waals surface area contributed by atoms with Gasteiger partial charge in [-0.25, -0.2) is 0 Å². The van der Waals surface area contributed by atoms with Gasteiger partial charge in [0, 0.05) is 26.2 Å². The molecular weight excluding hydrogens is 266 g/mol. The Balaban J connectivity index is 1.56. The molecule has 1 aromatic rings. The third-order valence-corrected chi connectivity index (χ3v) is 3.80. The molecule has 1 aliphatic rings. The van der Waals surface area contributed by atoms with Crippen LogP contribution in [0.4, 0.5) is 0 Å². The van der Waals surface area contributed by atoms with Gasteiger partial charge in [0.15, 0.2) is 0 Å². The first kappa shape index (κ1) is 16.3. The number of nitrogens with one attached hydrogen (secondary N) is 1. The molecule has 0 saturated carbocycles. The van der Waals surface area contributed by atoms with Crippen LogP contribution in [-0.4, -0.2) is 46.6 Å². The second-order valence-corrected chi connectivity index (χ2v) is 5.39. The Kier molecular flexibility index (Phi) is 7.57. The predicted octanol–water partition coefficient (Wildman–Crippen LogP) is 2.59. The van der Waals surface area contributed by atoms with E-state index in [1.807, 2.05) is 6.07 Å². The first-order valence-electron chi connectivity index (χ1n) is 7.91. The topological polar surface area (TPSA) is 39.7 Å². The maximum Gasteiger partial charge on any atom is 0.122 e. The van der Waals surface area contributed by atoms with Gasteiger partial charge in [-0.05, 0) is 37.4 Å². The molecule has 1 heterocycles. The molecule has 4 heteroatoms. The van der Waals surface area contributed by atoms with Crippen molar-refractivity contribution >= 4 is 0 Å². The summed E-state index contributed by atoms with van der Waals surface area (Å²) in [7, 11) is 1.70. The van der Waals surface area contributed by atoms with Crippen LogP contribution in [0.15, 0.2) is 24.3 Å². The molecule has 0 aliphatic carbocycles. The van der Waals surface area contributed by atoms with Crippen LogP contribution in [0.25, 0.3) is 0 Å². The minimum Gasteiger partial charge on any atom is -0.493 e. The predicted molar refractivity (Wildman–Crippen MR) is 84.1 cm³/mol. The quantitative estimate of drug-likeness (QED) is 0.673. The molecule has 1 aromatic carbocycles. The Morgan fingerprint density at radius 3 is 3.00 bits per heavy atom. The van der Waals surface area contributed by atoms with Crippen LogP contribution in [0.5, 0.6) is 5.75 Å². The van der Waals surface area contributed by atoms with Crippen molar-refractivity contribution in [1.82, 2.24) is 5.32 Å². The molecule has 0 spiro atoms. The molecule has 2 rings (SSSR count). The average molecular weight is 293 g/mol. The van der Waals surface area contributed by atoms with Crippen LogP contribution >= 0.6 is 0 Å². The fraction of sp³-hybridized carbons (Fsp3) is 0.647. The smallest absolute Gasteiger partial charge is 0.122 e. The van der Waals surface area contributed by atoms with E-state index in [-0.39, 0.29) is 0 Å². The summed E-state index contributed by atoms with van der Waals surface area (Å²) in [4.78, 5) is 0. The highest BCUT2D eigenvalue weighted by atomic mass is 16.5. The number of ether oxygens (including phenoxy) is 3. The highest BCUT2D eigenvalue weighted by Crippen LogP contribution is 2.32. The van der Waals surface area contributed by atoms with E-state index in [2.05, 4.69) is 23.5 Å². The summed E-state index contributed by atoms with van der Waals surface area (Å²) in [5.74, 6) is 1.63. The number of benzene rings is 1. The Morgan fingerprint density at radius 2 is 2.10 bits per heavy atom. The second-order valence-electron chi connectivity index (χ2n) is 5.39. The number of unbranched alkanes of at least 4 members (excludes halogenated alkanes) is 1. The lowest BCUT2D eigenvalue weighted by Crippen LogP contribution is -2.26. The van der Waals surface area contributed by atoms with E-state index in [4.69, 9.17) is 14.2 Å². The maximum absolute atomic E-state index is 5.69. The number of methoxy groups -OCH3 is 1. The summed E-state index contributed by atoms with van der Waals surface area (Å²) >= 11 is 0. The molecule has 0 amide bonds. The molecule has 0 saturated heterocycles. The molecule has 4 nitrogen and oxygen atoms in total. The third kappa shape index (κ3) is 5.65. The number of para-hydroxylation sites is 1. The number of hydrogen-bond acceptors (Lipinski definition) is 4. The van der Waals surface area contributed by atoms with Crippen molar-refractivity contribution in [1.29, 1.82) is 0 Å². The van der Waals surface area contributed by atoms with Crippen LogP contribution in [-0.2, 0) is 9.47 Å². The van der Waals surface area contributed by atoms with Crippen LogP contribution in [0.3, 0.4) is 0 Å². The lowest BCUT2D eigenvalue weighted by Gasteiger charge is -2.26. The standard InChI is InChI=1S/C17H27NO3/c1-19-12-13-20-10-5-4-9-18-14-15-8-11-21-17-7-3-2-6-16(15)17/h2-3,6-7,15,18H,4-5,8-14H2,1H3. The monoisotopic (exact) mass is 293 g/mol. The van der Waals surface area contributed by atoms with Crippen LogP contribution < -0.4 is 10.1 Å². The summed E-state index contributed by atoms with van der Waals surface area (Å²) in [6.45, 7) is 5.12. The van der Waals surface area contributed by atoms with E-state index >= 15 is 0 Å². The summed E-state index contributed by atoms with van der Waals surface area (Å²) < 4.78 is 16.1. The molecule has 1 N–H and O–H groups in total. The minimum absolute atomic E-state index is 0.577. The molecule has 1 unspecified atom stereocenters. The van der Waals surface area contributed by atoms with Crippen molar-refractivity contribution in [3.63, 3.8) is 0 Å². The zero-order chi connectivity index (χ0) is 14.8. The lowest BCUT2D eigenvalue weighted by atomic mass is 9.93. The number of hydrogen-bond donors (Lipinski definition) is 1. The molecule has 1 aliphatic heterocycles. The fourth-order valence-corrected chi connectivity index (χ4v) is 2.60. The van der Waals surface area contributed by atoms with Crippen molar-refractivity contribution in [2.75, 3.05) is 46.6 Å². The normalized spacial score (nSPS) is 17.3. The van der Waals surface area contributed by atoms with Crippen molar-refractivity contribution < 1.29 is 14.2 Å². The molecule has 1 atom stereocenters. The van der Waals surface area contributed by atoms with Gasteiger partial charge in [0.25, 0.3) is 0 Å². The molecule has 0 radical (unpaired) electrons. The van der Waals surface area contributed by atoms with Gasteiger partial charge in [-0.1, -0.05) is 18.2 Å². The lowest BCUT2D eigenvalue weighted by molar-refractivity contribution is 0.0688. The van der Waals surface area contributed by atoms with Gasteiger partial charge in [-0.3, -0.25) is 0 Å². The van der Waals surface area contributed by atoms with Crippen LogP contribution in [0.2, 0.25) is 0 Å². The van der Waals surface area contributed by atoms with E-state index in [1.54, 1.807) is 7.11 Å². The molecule has 0 bridgehead atoms. The maximum atomic E-state index is 5.69. The van der Waals surface area contributed by atoms with E-state index in [1.165, 1.54) is 5.56 Å². The minimum atomic E-state index is 0.577. The van der Waals surface area contributed by atoms with Gasteiger partial charge in [0.1, 0.15) is 5.75 Å². The zero-order valence-corrected chi connectivity index (χ0v) is 13.0. The Morgan fingerprint density at radius 1 is 1.19 bits per heavy atom. The Labute approximate surface area is 127 Å². The first-order chi connectivity index (χ1) is 10.4. The van der Waals surface area contributed by atoms with E-state index < -0.39 is 0 Å². The van der Waals surface area contributed by atoms with E-state index in [0.29, 0.717) is 19.1 Å². The first-order valence-corrected chi connectivity index (χ1v) is 7.91. The second kappa shape index (κ2) is 9.77. The molecule has 118 valence electrons. The summed E-state index contributed by atoms with van der Waals surface area (Å²) in [5.41, 5.74) is 1.35. The molecule has 0 fully saturated rings. The highest BCUT2D eigenvalue weighted by molar-refractivity contribution is 5.37. The summed E-state index contributed by atoms with van der Waals surface area (Å²) in [6.07, 6.45) is 3.35. The SMILES string of the molecule is COCCOCCCCNCC1CCOc2ccccc21. The van der Waals surface area contributed by atoms with Crippen molar-refractivity contribution in [3.05, 3.63) is 29.8 Å². The van der Waals surface area contributed by atoms with E-state index in [0.717, 1.165) is 51.3 Å². The summed E-state index contributed by atoms with van der Waals surface area (Å²) in [5, 5.41) is 3.56. The van der Waals surface area contributed by atoms with Crippen LogP contribution in [0, 0.1) is 0 Å². The molecule has 21 heavy (non-hydrogen) atoms. The van der Waals surface area contributed by atoms with Gasteiger partial charge >= 0.3 is 0 Å². The molecular formula is C17H27NO3.